The molecule has 2 aromatic rings. The summed E-state index contributed by atoms with van der Waals surface area (Å²) in [5.41, 5.74) is 2.24. The molecular formula is C17H20N2O2S. The fourth-order valence-corrected chi connectivity index (χ4v) is 3.44. The first-order chi connectivity index (χ1) is 10.8. The van der Waals surface area contributed by atoms with Crippen molar-refractivity contribution in [3.8, 4) is 5.75 Å². The van der Waals surface area contributed by atoms with E-state index in [-0.39, 0.29) is 11.8 Å². The highest BCUT2D eigenvalue weighted by Gasteiger charge is 2.25. The third-order valence-electron chi connectivity index (χ3n) is 3.85. The maximum atomic E-state index is 12.3. The van der Waals surface area contributed by atoms with Gasteiger partial charge in [-0.2, -0.15) is 0 Å². The van der Waals surface area contributed by atoms with Gasteiger partial charge in [-0.1, -0.05) is 25.1 Å². The summed E-state index contributed by atoms with van der Waals surface area (Å²) in [7, 11) is 0. The summed E-state index contributed by atoms with van der Waals surface area (Å²) in [6.07, 6.45) is 2.50. The second-order valence-corrected chi connectivity index (χ2v) is 6.39. The molecular weight excluding hydrogens is 296 g/mol. The van der Waals surface area contributed by atoms with Crippen LogP contribution in [-0.4, -0.2) is 24.0 Å². The highest BCUT2D eigenvalue weighted by Crippen LogP contribution is 2.26. The fourth-order valence-electron chi connectivity index (χ4n) is 2.56. The number of aromatic nitrogens is 1. The van der Waals surface area contributed by atoms with Crippen LogP contribution in [-0.2, 0) is 24.1 Å². The Morgan fingerprint density at radius 2 is 2.32 bits per heavy atom. The second-order valence-electron chi connectivity index (χ2n) is 5.45. The van der Waals surface area contributed by atoms with Crippen molar-refractivity contribution in [2.45, 2.75) is 26.2 Å². The number of nitrogens with one attached hydrogen (secondary N) is 1. The molecule has 0 saturated carbocycles. The quantitative estimate of drug-likeness (QED) is 0.922. The molecule has 1 amide bonds. The maximum Gasteiger partial charge on any atom is 0.226 e. The molecule has 0 radical (unpaired) electrons. The van der Waals surface area contributed by atoms with Crippen LogP contribution in [0.1, 0.15) is 23.2 Å². The highest BCUT2D eigenvalue weighted by atomic mass is 32.1. The Bertz CT molecular complexity index is 654. The lowest BCUT2D eigenvalue weighted by molar-refractivity contribution is -0.126. The molecule has 1 N–H and O–H groups in total. The Balaban J connectivity index is 1.48. The van der Waals surface area contributed by atoms with Crippen LogP contribution in [0.15, 0.2) is 29.6 Å². The molecule has 1 atom stereocenters. The van der Waals surface area contributed by atoms with Gasteiger partial charge in [-0.3, -0.25) is 4.79 Å². The Morgan fingerprint density at radius 3 is 3.14 bits per heavy atom. The topological polar surface area (TPSA) is 51.2 Å². The summed E-state index contributed by atoms with van der Waals surface area (Å²) in [5, 5.41) is 6.18. The number of para-hydroxylation sites is 1. The van der Waals surface area contributed by atoms with Crippen molar-refractivity contribution >= 4 is 17.2 Å². The molecule has 0 fully saturated rings. The maximum absolute atomic E-state index is 12.3. The predicted molar refractivity (Wildman–Crippen MR) is 87.3 cm³/mol. The van der Waals surface area contributed by atoms with Crippen molar-refractivity contribution < 1.29 is 9.53 Å². The van der Waals surface area contributed by atoms with E-state index in [0.717, 1.165) is 41.3 Å². The largest absolute Gasteiger partial charge is 0.492 e. The molecule has 1 aromatic carbocycles. The van der Waals surface area contributed by atoms with E-state index in [9.17, 15) is 4.79 Å². The van der Waals surface area contributed by atoms with Crippen LogP contribution >= 0.6 is 11.3 Å². The van der Waals surface area contributed by atoms with E-state index >= 15 is 0 Å². The van der Waals surface area contributed by atoms with Gasteiger partial charge >= 0.3 is 0 Å². The van der Waals surface area contributed by atoms with E-state index in [4.69, 9.17) is 4.74 Å². The van der Waals surface area contributed by atoms with Crippen molar-refractivity contribution in [1.82, 2.24) is 10.3 Å². The zero-order chi connectivity index (χ0) is 15.4. The summed E-state index contributed by atoms with van der Waals surface area (Å²) < 4.78 is 5.67. The number of hydrogen-bond donors (Lipinski definition) is 1. The van der Waals surface area contributed by atoms with Gasteiger partial charge in [-0.05, 0) is 24.5 Å². The molecule has 0 aliphatic carbocycles. The van der Waals surface area contributed by atoms with Gasteiger partial charge < -0.3 is 10.1 Å². The Morgan fingerprint density at radius 1 is 1.45 bits per heavy atom. The van der Waals surface area contributed by atoms with Gasteiger partial charge in [0.2, 0.25) is 5.91 Å². The average Bonchev–Trinajstić information content (AvgIpc) is 3.02. The molecule has 2 heterocycles. The molecule has 3 rings (SSSR count). The lowest BCUT2D eigenvalue weighted by atomic mass is 9.96. The molecule has 0 spiro atoms. The number of carbonyl (C=O) groups excluding carboxylic acids is 1. The fraction of sp³-hybridized carbons (Fsp3) is 0.412. The molecule has 1 aromatic heterocycles. The number of carbonyl (C=O) groups is 1. The van der Waals surface area contributed by atoms with Crippen molar-refractivity contribution in [2.24, 2.45) is 5.92 Å². The number of fused-ring (bicyclic) bond motifs is 1. The minimum atomic E-state index is -0.0996. The predicted octanol–water partition coefficient (Wildman–Crippen LogP) is 2.62. The number of rotatable bonds is 5. The summed E-state index contributed by atoms with van der Waals surface area (Å²) >= 11 is 1.66. The number of nitrogens with zero attached hydrogens (tertiary/aromatic N) is 1. The molecule has 0 bridgehead atoms. The van der Waals surface area contributed by atoms with Crippen LogP contribution in [0.3, 0.4) is 0 Å². The van der Waals surface area contributed by atoms with Crippen molar-refractivity contribution in [3.05, 3.63) is 45.9 Å². The minimum absolute atomic E-state index is 0.0711. The van der Waals surface area contributed by atoms with E-state index in [1.165, 1.54) is 0 Å². The first-order valence-corrected chi connectivity index (χ1v) is 8.56. The molecule has 4 nitrogen and oxygen atoms in total. The van der Waals surface area contributed by atoms with Crippen LogP contribution in [0.2, 0.25) is 0 Å². The molecule has 0 saturated heterocycles. The molecule has 1 unspecified atom stereocenters. The molecule has 1 aliphatic rings. The van der Waals surface area contributed by atoms with Crippen molar-refractivity contribution in [1.29, 1.82) is 0 Å². The first kappa shape index (κ1) is 15.0. The van der Waals surface area contributed by atoms with Crippen LogP contribution in [0.5, 0.6) is 5.75 Å². The van der Waals surface area contributed by atoms with E-state index in [2.05, 4.69) is 22.6 Å². The number of thiazole rings is 1. The Kier molecular flexibility index (Phi) is 4.73. The number of hydrogen-bond acceptors (Lipinski definition) is 4. The smallest absolute Gasteiger partial charge is 0.226 e. The number of aryl methyl sites for hydroxylation is 1. The summed E-state index contributed by atoms with van der Waals surface area (Å²) in [6, 6.07) is 7.92. The number of ether oxygens (including phenoxy) is 1. The minimum Gasteiger partial charge on any atom is -0.492 e. The van der Waals surface area contributed by atoms with Gasteiger partial charge in [0.25, 0.3) is 0 Å². The Hall–Kier alpha value is -1.88. The molecule has 116 valence electrons. The highest BCUT2D eigenvalue weighted by molar-refractivity contribution is 7.09. The van der Waals surface area contributed by atoms with Gasteiger partial charge in [0, 0.05) is 18.3 Å². The van der Waals surface area contributed by atoms with E-state index in [0.29, 0.717) is 13.2 Å². The van der Waals surface area contributed by atoms with Gasteiger partial charge in [-0.15, -0.1) is 11.3 Å². The average molecular weight is 316 g/mol. The summed E-state index contributed by atoms with van der Waals surface area (Å²) in [5.74, 6) is 0.876. The van der Waals surface area contributed by atoms with Crippen LogP contribution in [0, 0.1) is 5.92 Å². The van der Waals surface area contributed by atoms with E-state index < -0.39 is 0 Å². The third-order valence-corrected chi connectivity index (χ3v) is 4.81. The monoisotopic (exact) mass is 316 g/mol. The standard InChI is InChI=1S/C17H20N2O2S/c1-2-14-11-22-16(19-14)7-8-18-17(20)13-9-12-5-3-4-6-15(12)21-10-13/h3-6,11,13H,2,7-10H2,1H3,(H,18,20). The summed E-state index contributed by atoms with van der Waals surface area (Å²) in [6.45, 7) is 3.19. The molecule has 5 heteroatoms. The SMILES string of the molecule is CCc1csc(CCNC(=O)C2COc3ccccc3C2)n1. The van der Waals surface area contributed by atoms with Crippen molar-refractivity contribution in [2.75, 3.05) is 13.2 Å². The van der Waals surface area contributed by atoms with Gasteiger partial charge in [0.15, 0.2) is 0 Å². The van der Waals surface area contributed by atoms with Crippen LogP contribution in [0.4, 0.5) is 0 Å². The molecule has 1 aliphatic heterocycles. The first-order valence-electron chi connectivity index (χ1n) is 7.68. The van der Waals surface area contributed by atoms with Crippen molar-refractivity contribution in [3.63, 3.8) is 0 Å². The van der Waals surface area contributed by atoms with E-state index in [1.54, 1.807) is 11.3 Å². The number of amides is 1. The summed E-state index contributed by atoms with van der Waals surface area (Å²) in [4.78, 5) is 16.8. The Labute approximate surface area is 134 Å². The van der Waals surface area contributed by atoms with E-state index in [1.807, 2.05) is 24.3 Å². The van der Waals surface area contributed by atoms with Gasteiger partial charge in [0.1, 0.15) is 12.4 Å². The van der Waals surface area contributed by atoms with Gasteiger partial charge in [0.05, 0.1) is 16.6 Å². The lowest BCUT2D eigenvalue weighted by Gasteiger charge is -2.24. The third kappa shape index (κ3) is 3.47. The van der Waals surface area contributed by atoms with Gasteiger partial charge in [-0.25, -0.2) is 4.98 Å². The second kappa shape index (κ2) is 6.92. The lowest BCUT2D eigenvalue weighted by Crippen LogP contribution is -2.38. The normalized spacial score (nSPS) is 16.7. The zero-order valence-electron chi connectivity index (χ0n) is 12.7. The number of benzene rings is 1. The molecule has 22 heavy (non-hydrogen) atoms. The zero-order valence-corrected chi connectivity index (χ0v) is 13.5. The van der Waals surface area contributed by atoms with Crippen LogP contribution in [0.25, 0.3) is 0 Å². The van der Waals surface area contributed by atoms with Crippen LogP contribution < -0.4 is 10.1 Å².